The van der Waals surface area contributed by atoms with E-state index in [2.05, 4.69) is 5.32 Å². The van der Waals surface area contributed by atoms with Gasteiger partial charge in [-0.25, -0.2) is 8.42 Å². The Morgan fingerprint density at radius 1 is 1.29 bits per heavy atom. The van der Waals surface area contributed by atoms with Gasteiger partial charge in [-0.3, -0.25) is 4.79 Å². The SMILES string of the molecule is Cc1ccc(S(=O)(=O)N2CCC[C@@H]2C(=O)NC(C)C)cc1. The standard InChI is InChI=1S/C15H22N2O3S/c1-11(2)16-15(18)14-5-4-10-17(14)21(19,20)13-8-6-12(3)7-9-13/h6-9,11,14H,4-5,10H2,1-3H3,(H,16,18)/t14-/m1/s1. The third-order valence-electron chi connectivity index (χ3n) is 3.56. The first kappa shape index (κ1) is 16.0. The van der Waals surface area contributed by atoms with Gasteiger partial charge in [0.25, 0.3) is 0 Å². The van der Waals surface area contributed by atoms with Crippen LogP contribution in [0.2, 0.25) is 0 Å². The van der Waals surface area contributed by atoms with Gasteiger partial charge in [-0.1, -0.05) is 17.7 Å². The molecule has 1 saturated heterocycles. The molecule has 116 valence electrons. The molecule has 5 nitrogen and oxygen atoms in total. The number of rotatable bonds is 4. The maximum Gasteiger partial charge on any atom is 0.243 e. The Bertz CT molecular complexity index is 608. The smallest absolute Gasteiger partial charge is 0.243 e. The molecule has 0 bridgehead atoms. The zero-order chi connectivity index (χ0) is 15.6. The minimum atomic E-state index is -3.61. The van der Waals surface area contributed by atoms with Crippen molar-refractivity contribution in [1.82, 2.24) is 9.62 Å². The number of aryl methyl sites for hydroxylation is 1. The summed E-state index contributed by atoms with van der Waals surface area (Å²) in [4.78, 5) is 12.4. The van der Waals surface area contributed by atoms with Crippen LogP contribution in [0.4, 0.5) is 0 Å². The van der Waals surface area contributed by atoms with E-state index in [1.807, 2.05) is 20.8 Å². The van der Waals surface area contributed by atoms with Crippen LogP contribution in [0.15, 0.2) is 29.2 Å². The minimum Gasteiger partial charge on any atom is -0.353 e. The molecule has 1 fully saturated rings. The van der Waals surface area contributed by atoms with Gasteiger partial charge >= 0.3 is 0 Å². The molecule has 6 heteroatoms. The van der Waals surface area contributed by atoms with Crippen LogP contribution in [0.1, 0.15) is 32.3 Å². The van der Waals surface area contributed by atoms with Crippen LogP contribution in [0.5, 0.6) is 0 Å². The second-order valence-corrected chi connectivity index (χ2v) is 7.64. The van der Waals surface area contributed by atoms with Crippen LogP contribution in [0.25, 0.3) is 0 Å². The van der Waals surface area contributed by atoms with E-state index in [0.717, 1.165) is 5.56 Å². The first-order valence-electron chi connectivity index (χ1n) is 7.21. The topological polar surface area (TPSA) is 66.5 Å². The van der Waals surface area contributed by atoms with Crippen molar-refractivity contribution in [2.45, 2.75) is 50.6 Å². The zero-order valence-corrected chi connectivity index (χ0v) is 13.5. The summed E-state index contributed by atoms with van der Waals surface area (Å²) in [6, 6.07) is 6.14. The molecule has 2 rings (SSSR count). The number of nitrogens with zero attached hydrogens (tertiary/aromatic N) is 1. The van der Waals surface area contributed by atoms with E-state index in [4.69, 9.17) is 0 Å². The Hall–Kier alpha value is -1.40. The van der Waals surface area contributed by atoms with Crippen LogP contribution in [-0.2, 0) is 14.8 Å². The summed E-state index contributed by atoms with van der Waals surface area (Å²) < 4.78 is 26.7. The second-order valence-electron chi connectivity index (χ2n) is 5.75. The molecule has 1 heterocycles. The van der Waals surface area contributed by atoms with Crippen LogP contribution in [0, 0.1) is 6.92 Å². The molecule has 1 aliphatic heterocycles. The third kappa shape index (κ3) is 3.44. The largest absolute Gasteiger partial charge is 0.353 e. The average Bonchev–Trinajstić information content (AvgIpc) is 2.88. The van der Waals surface area contributed by atoms with Gasteiger partial charge in [0.2, 0.25) is 15.9 Å². The lowest BCUT2D eigenvalue weighted by Gasteiger charge is -2.24. The zero-order valence-electron chi connectivity index (χ0n) is 12.7. The Balaban J connectivity index is 2.26. The summed E-state index contributed by atoms with van der Waals surface area (Å²) in [5.74, 6) is -0.210. The van der Waals surface area contributed by atoms with Gasteiger partial charge in [0.1, 0.15) is 6.04 Å². The van der Waals surface area contributed by atoms with Gasteiger partial charge in [0.15, 0.2) is 0 Å². The highest BCUT2D eigenvalue weighted by Crippen LogP contribution is 2.26. The number of hydrogen-bond donors (Lipinski definition) is 1. The van der Waals surface area contributed by atoms with Crippen LogP contribution < -0.4 is 5.32 Å². The molecule has 1 N–H and O–H groups in total. The van der Waals surface area contributed by atoms with Gasteiger partial charge < -0.3 is 5.32 Å². The maximum absolute atomic E-state index is 12.7. The lowest BCUT2D eigenvalue weighted by molar-refractivity contribution is -0.124. The predicted octanol–water partition coefficient (Wildman–Crippen LogP) is 1.67. The number of nitrogens with one attached hydrogen (secondary N) is 1. The van der Waals surface area contributed by atoms with Crippen LogP contribution >= 0.6 is 0 Å². The minimum absolute atomic E-state index is 0.00188. The quantitative estimate of drug-likeness (QED) is 0.920. The second kappa shape index (κ2) is 6.15. The molecule has 0 saturated carbocycles. The highest BCUT2D eigenvalue weighted by Gasteiger charge is 2.39. The fourth-order valence-corrected chi connectivity index (χ4v) is 4.17. The molecule has 1 aromatic rings. The van der Waals surface area contributed by atoms with Crippen molar-refractivity contribution in [2.75, 3.05) is 6.54 Å². The summed E-state index contributed by atoms with van der Waals surface area (Å²) in [6.45, 7) is 6.04. The van der Waals surface area contributed by atoms with Crippen LogP contribution in [-0.4, -0.2) is 37.3 Å². The van der Waals surface area contributed by atoms with Crippen molar-refractivity contribution in [3.8, 4) is 0 Å². The van der Waals surface area contributed by atoms with E-state index in [9.17, 15) is 13.2 Å². The number of carbonyl (C=O) groups is 1. The van der Waals surface area contributed by atoms with Crippen molar-refractivity contribution in [3.63, 3.8) is 0 Å². The summed E-state index contributed by atoms with van der Waals surface area (Å²) >= 11 is 0. The average molecular weight is 310 g/mol. The predicted molar refractivity (Wildman–Crippen MR) is 81.4 cm³/mol. The summed E-state index contributed by atoms with van der Waals surface area (Å²) in [5.41, 5.74) is 1.00. The van der Waals surface area contributed by atoms with E-state index >= 15 is 0 Å². The first-order chi connectivity index (χ1) is 9.82. The number of hydrogen-bond acceptors (Lipinski definition) is 3. The van der Waals surface area contributed by atoms with Gasteiger partial charge in [-0.05, 0) is 45.7 Å². The molecular weight excluding hydrogens is 288 g/mol. The number of carbonyl (C=O) groups excluding carboxylic acids is 1. The van der Waals surface area contributed by atoms with Crippen molar-refractivity contribution in [2.24, 2.45) is 0 Å². The molecule has 1 aliphatic rings. The Labute approximate surface area is 126 Å². The molecule has 0 spiro atoms. The fourth-order valence-electron chi connectivity index (χ4n) is 2.52. The monoisotopic (exact) mass is 310 g/mol. The molecule has 0 aliphatic carbocycles. The summed E-state index contributed by atoms with van der Waals surface area (Å²) in [7, 11) is -3.61. The Kier molecular flexibility index (Phi) is 4.68. The van der Waals surface area contributed by atoms with E-state index < -0.39 is 16.1 Å². The van der Waals surface area contributed by atoms with Crippen molar-refractivity contribution in [1.29, 1.82) is 0 Å². The molecular formula is C15H22N2O3S. The van der Waals surface area contributed by atoms with Crippen molar-refractivity contribution in [3.05, 3.63) is 29.8 Å². The maximum atomic E-state index is 12.7. The number of amides is 1. The van der Waals surface area contributed by atoms with Gasteiger partial charge in [0.05, 0.1) is 4.90 Å². The third-order valence-corrected chi connectivity index (χ3v) is 5.49. The van der Waals surface area contributed by atoms with Crippen molar-refractivity contribution < 1.29 is 13.2 Å². The highest BCUT2D eigenvalue weighted by atomic mass is 32.2. The molecule has 0 radical (unpaired) electrons. The first-order valence-corrected chi connectivity index (χ1v) is 8.65. The summed E-state index contributed by atoms with van der Waals surface area (Å²) in [6.07, 6.45) is 1.28. The Morgan fingerprint density at radius 2 is 1.90 bits per heavy atom. The summed E-state index contributed by atoms with van der Waals surface area (Å²) in [5, 5.41) is 2.80. The molecule has 1 atom stereocenters. The van der Waals surface area contributed by atoms with Crippen LogP contribution in [0.3, 0.4) is 0 Å². The highest BCUT2D eigenvalue weighted by molar-refractivity contribution is 7.89. The number of sulfonamides is 1. The normalized spacial score (nSPS) is 19.9. The van der Waals surface area contributed by atoms with E-state index in [1.54, 1.807) is 24.3 Å². The number of benzene rings is 1. The van der Waals surface area contributed by atoms with E-state index in [0.29, 0.717) is 19.4 Å². The molecule has 21 heavy (non-hydrogen) atoms. The van der Waals surface area contributed by atoms with Crippen molar-refractivity contribution >= 4 is 15.9 Å². The Morgan fingerprint density at radius 3 is 2.48 bits per heavy atom. The fraction of sp³-hybridized carbons (Fsp3) is 0.533. The lowest BCUT2D eigenvalue weighted by atomic mass is 10.2. The molecule has 1 aromatic carbocycles. The van der Waals surface area contributed by atoms with Gasteiger partial charge in [-0.15, -0.1) is 0 Å². The van der Waals surface area contributed by atoms with E-state index in [1.165, 1.54) is 4.31 Å². The molecule has 0 aromatic heterocycles. The lowest BCUT2D eigenvalue weighted by Crippen LogP contribution is -2.47. The van der Waals surface area contributed by atoms with Gasteiger partial charge in [0, 0.05) is 12.6 Å². The molecule has 1 amide bonds. The molecule has 0 unspecified atom stereocenters. The van der Waals surface area contributed by atoms with Gasteiger partial charge in [-0.2, -0.15) is 4.31 Å². The van der Waals surface area contributed by atoms with E-state index in [-0.39, 0.29) is 16.8 Å².